The lowest BCUT2D eigenvalue weighted by Crippen LogP contribution is -2.46. The van der Waals surface area contributed by atoms with Crippen molar-refractivity contribution in [1.82, 2.24) is 0 Å². The molecule has 3 N–H and O–H groups in total. The number of hydrogen-bond donors (Lipinski definition) is 3. The molecule has 2 unspecified atom stereocenters. The molecule has 1 aliphatic heterocycles. The van der Waals surface area contributed by atoms with E-state index in [1.807, 2.05) is 0 Å². The molecule has 1 fully saturated rings. The number of esters is 1. The molecule has 0 aliphatic carbocycles. The molecule has 146 valence electrons. The molecule has 0 amide bonds. The summed E-state index contributed by atoms with van der Waals surface area (Å²) in [5.41, 5.74) is 0.344. The number of carbonyl (C=O) groups excluding carboxylic acids is 1. The highest BCUT2D eigenvalue weighted by Gasteiger charge is 2.48. The fourth-order valence-corrected chi connectivity index (χ4v) is 3.03. The van der Waals surface area contributed by atoms with Gasteiger partial charge in [-0.1, -0.05) is 39.0 Å². The average Bonchev–Trinajstić information content (AvgIpc) is 2.95. The summed E-state index contributed by atoms with van der Waals surface area (Å²) in [6, 6.07) is 3.28. The molecular weight excluding hydrogens is 338 g/mol. The molecule has 26 heavy (non-hydrogen) atoms. The number of nitrogens with zero attached hydrogens (tertiary/aromatic N) is 1. The van der Waals surface area contributed by atoms with Gasteiger partial charge in [0.15, 0.2) is 18.5 Å². The highest BCUT2D eigenvalue weighted by molar-refractivity contribution is 5.88. The number of carbonyl (C=O) groups is 1. The Labute approximate surface area is 154 Å². The fourth-order valence-electron chi connectivity index (χ4n) is 3.03. The van der Waals surface area contributed by atoms with Gasteiger partial charge in [0.05, 0.1) is 13.2 Å². The van der Waals surface area contributed by atoms with Gasteiger partial charge in [-0.2, -0.15) is 4.57 Å². The number of aromatic nitrogens is 1. The molecule has 7 nitrogen and oxygen atoms in total. The Morgan fingerprint density at radius 2 is 1.92 bits per heavy atom. The van der Waals surface area contributed by atoms with Crippen LogP contribution in [-0.4, -0.2) is 52.8 Å². The van der Waals surface area contributed by atoms with E-state index in [0.29, 0.717) is 12.2 Å². The molecule has 0 saturated carbocycles. The van der Waals surface area contributed by atoms with Crippen molar-refractivity contribution < 1.29 is 34.2 Å². The van der Waals surface area contributed by atoms with Gasteiger partial charge in [-0.3, -0.25) is 0 Å². The number of ether oxygens (including phenoxy) is 2. The maximum absolute atomic E-state index is 12.2. The Morgan fingerprint density at radius 3 is 2.62 bits per heavy atom. The zero-order valence-corrected chi connectivity index (χ0v) is 15.3. The first-order valence-corrected chi connectivity index (χ1v) is 9.38. The van der Waals surface area contributed by atoms with Crippen molar-refractivity contribution in [3.63, 3.8) is 0 Å². The number of unbranched alkanes of at least 4 members (excludes halogenated alkanes) is 5. The summed E-state index contributed by atoms with van der Waals surface area (Å²) >= 11 is 0. The summed E-state index contributed by atoms with van der Waals surface area (Å²) in [6.45, 7) is 2.16. The minimum atomic E-state index is -1.19. The number of aliphatic hydroxyl groups excluding tert-OH is 3. The lowest BCUT2D eigenvalue weighted by molar-refractivity contribution is -0.765. The first kappa shape index (κ1) is 20.8. The molecule has 1 aromatic rings. The Kier molecular flexibility index (Phi) is 8.44. The Morgan fingerprint density at radius 1 is 1.19 bits per heavy atom. The van der Waals surface area contributed by atoms with E-state index in [9.17, 15) is 20.1 Å². The van der Waals surface area contributed by atoms with Crippen LogP contribution < -0.4 is 4.57 Å². The SMILES string of the molecule is CCCCCCCCOC(=O)c1ccc[n+]([C@@H]2O[C@H](CO)C(O)C2O)c1. The first-order valence-electron chi connectivity index (χ1n) is 9.38. The molecule has 0 spiro atoms. The smallest absolute Gasteiger partial charge is 0.344 e. The monoisotopic (exact) mass is 368 g/mol. The molecule has 2 heterocycles. The third-order valence-electron chi connectivity index (χ3n) is 4.60. The summed E-state index contributed by atoms with van der Waals surface area (Å²) < 4.78 is 12.3. The molecule has 1 aliphatic rings. The minimum absolute atomic E-state index is 0.344. The van der Waals surface area contributed by atoms with Crippen molar-refractivity contribution in [3.05, 3.63) is 30.1 Å². The van der Waals surface area contributed by atoms with Gasteiger partial charge < -0.3 is 24.8 Å². The summed E-state index contributed by atoms with van der Waals surface area (Å²) in [5, 5.41) is 29.1. The second kappa shape index (κ2) is 10.6. The number of aliphatic hydroxyl groups is 3. The van der Waals surface area contributed by atoms with Crippen LogP contribution in [0, 0.1) is 0 Å². The van der Waals surface area contributed by atoms with E-state index in [1.165, 1.54) is 30.0 Å². The van der Waals surface area contributed by atoms with Gasteiger partial charge in [-0.25, -0.2) is 4.79 Å². The normalized spacial score (nSPS) is 25.4. The molecular formula is C19H30NO6+. The van der Waals surface area contributed by atoms with Gasteiger partial charge in [-0.15, -0.1) is 0 Å². The molecule has 0 bridgehead atoms. The maximum Gasteiger partial charge on any atom is 0.344 e. The van der Waals surface area contributed by atoms with Crippen molar-refractivity contribution in [3.8, 4) is 0 Å². The molecule has 2 rings (SSSR count). The summed E-state index contributed by atoms with van der Waals surface area (Å²) in [5.74, 6) is -0.431. The van der Waals surface area contributed by atoms with Crippen LogP contribution in [0.2, 0.25) is 0 Å². The van der Waals surface area contributed by atoms with E-state index in [-0.39, 0.29) is 0 Å². The highest BCUT2D eigenvalue weighted by Crippen LogP contribution is 2.25. The van der Waals surface area contributed by atoms with Crippen molar-refractivity contribution in [1.29, 1.82) is 0 Å². The van der Waals surface area contributed by atoms with Crippen molar-refractivity contribution in [2.24, 2.45) is 0 Å². The lowest BCUT2D eigenvalue weighted by Gasteiger charge is -2.10. The minimum Gasteiger partial charge on any atom is -0.462 e. The van der Waals surface area contributed by atoms with E-state index in [0.717, 1.165) is 19.3 Å². The second-order valence-electron chi connectivity index (χ2n) is 6.67. The average molecular weight is 368 g/mol. The zero-order chi connectivity index (χ0) is 18.9. The summed E-state index contributed by atoms with van der Waals surface area (Å²) in [4.78, 5) is 12.2. The quantitative estimate of drug-likeness (QED) is 0.325. The third-order valence-corrected chi connectivity index (χ3v) is 4.60. The third kappa shape index (κ3) is 5.48. The Hall–Kier alpha value is -1.54. The van der Waals surface area contributed by atoms with Crippen molar-refractivity contribution in [2.45, 2.75) is 70.0 Å². The molecule has 0 radical (unpaired) electrons. The molecule has 1 saturated heterocycles. The van der Waals surface area contributed by atoms with Gasteiger partial charge in [0.1, 0.15) is 17.8 Å². The van der Waals surface area contributed by atoms with E-state index in [4.69, 9.17) is 9.47 Å². The van der Waals surface area contributed by atoms with Gasteiger partial charge in [0.25, 0.3) is 6.23 Å². The molecule has 4 atom stereocenters. The van der Waals surface area contributed by atoms with Crippen LogP contribution >= 0.6 is 0 Å². The largest absolute Gasteiger partial charge is 0.462 e. The predicted molar refractivity (Wildman–Crippen MR) is 93.3 cm³/mol. The van der Waals surface area contributed by atoms with Gasteiger partial charge >= 0.3 is 5.97 Å². The maximum atomic E-state index is 12.2. The number of hydrogen-bond acceptors (Lipinski definition) is 6. The van der Waals surface area contributed by atoms with Crippen LogP contribution in [0.1, 0.15) is 62.0 Å². The van der Waals surface area contributed by atoms with Crippen LogP contribution in [0.5, 0.6) is 0 Å². The molecule has 0 aromatic carbocycles. The topological polar surface area (TPSA) is 100 Å². The van der Waals surface area contributed by atoms with Crippen LogP contribution in [0.4, 0.5) is 0 Å². The summed E-state index contributed by atoms with van der Waals surface area (Å²) in [7, 11) is 0. The number of rotatable bonds is 10. The van der Waals surface area contributed by atoms with Crippen molar-refractivity contribution >= 4 is 5.97 Å². The van der Waals surface area contributed by atoms with E-state index < -0.39 is 37.1 Å². The molecule has 7 heteroatoms. The van der Waals surface area contributed by atoms with Crippen molar-refractivity contribution in [2.75, 3.05) is 13.2 Å². The van der Waals surface area contributed by atoms with Gasteiger partial charge in [0.2, 0.25) is 0 Å². The van der Waals surface area contributed by atoms with Gasteiger partial charge in [0, 0.05) is 6.07 Å². The van der Waals surface area contributed by atoms with Crippen LogP contribution in [0.3, 0.4) is 0 Å². The predicted octanol–water partition coefficient (Wildman–Crippen LogP) is 1.10. The van der Waals surface area contributed by atoms with Gasteiger partial charge in [-0.05, 0) is 12.5 Å². The van der Waals surface area contributed by atoms with E-state index >= 15 is 0 Å². The Bertz CT molecular complexity index is 567. The first-order chi connectivity index (χ1) is 12.6. The Balaban J connectivity index is 1.85. The highest BCUT2D eigenvalue weighted by atomic mass is 16.6. The summed E-state index contributed by atoms with van der Waals surface area (Å²) in [6.07, 6.45) is 5.77. The second-order valence-corrected chi connectivity index (χ2v) is 6.67. The number of pyridine rings is 1. The lowest BCUT2D eigenvalue weighted by atomic mass is 10.1. The van der Waals surface area contributed by atoms with E-state index in [1.54, 1.807) is 18.3 Å². The molecule has 1 aromatic heterocycles. The van der Waals surface area contributed by atoms with Crippen LogP contribution in [-0.2, 0) is 9.47 Å². The van der Waals surface area contributed by atoms with Crippen LogP contribution in [0.15, 0.2) is 24.5 Å². The van der Waals surface area contributed by atoms with Crippen LogP contribution in [0.25, 0.3) is 0 Å². The zero-order valence-electron chi connectivity index (χ0n) is 15.3. The standard InChI is InChI=1S/C19H30NO6/c1-2-3-4-5-6-7-11-25-19(24)14-9-8-10-20(12-14)18-17(23)16(22)15(13-21)26-18/h8-10,12,15-18,21-23H,2-7,11,13H2,1H3/q+1/t15-,16?,17?,18-/m1/s1. The fraction of sp³-hybridized carbons (Fsp3) is 0.684. The van der Waals surface area contributed by atoms with E-state index in [2.05, 4.69) is 6.92 Å².